The normalized spacial score (nSPS) is 18.7. The van der Waals surface area contributed by atoms with Gasteiger partial charge in [0.25, 0.3) is 0 Å². The third-order valence-electron chi connectivity index (χ3n) is 3.83. The lowest BCUT2D eigenvalue weighted by molar-refractivity contribution is 0.404. The van der Waals surface area contributed by atoms with Crippen LogP contribution in [0.3, 0.4) is 0 Å². The number of H-pyrrole nitrogens is 1. The van der Waals surface area contributed by atoms with Gasteiger partial charge in [-0.05, 0) is 30.5 Å². The zero-order valence-corrected chi connectivity index (χ0v) is 10.9. The molecule has 19 heavy (non-hydrogen) atoms. The molecular formula is C15H16N4. The van der Waals surface area contributed by atoms with Crippen molar-refractivity contribution in [3.63, 3.8) is 0 Å². The highest BCUT2D eigenvalue weighted by Crippen LogP contribution is 2.30. The highest BCUT2D eigenvalue weighted by Gasteiger charge is 2.25. The van der Waals surface area contributed by atoms with E-state index in [4.69, 9.17) is 0 Å². The summed E-state index contributed by atoms with van der Waals surface area (Å²) in [5.74, 6) is 0. The van der Waals surface area contributed by atoms with Crippen LogP contribution in [0.1, 0.15) is 23.0 Å². The molecule has 3 heterocycles. The van der Waals surface area contributed by atoms with E-state index in [1.807, 2.05) is 10.9 Å². The van der Waals surface area contributed by atoms with E-state index in [1.54, 1.807) is 0 Å². The monoisotopic (exact) mass is 252 g/mol. The van der Waals surface area contributed by atoms with Crippen LogP contribution >= 0.6 is 0 Å². The number of benzene rings is 1. The molecule has 4 nitrogen and oxygen atoms in total. The summed E-state index contributed by atoms with van der Waals surface area (Å²) in [5, 5.41) is 9.32. The molecule has 0 spiro atoms. The third kappa shape index (κ3) is 1.60. The Bertz CT molecular complexity index is 738. The van der Waals surface area contributed by atoms with Gasteiger partial charge in [-0.1, -0.05) is 18.2 Å². The van der Waals surface area contributed by atoms with Crippen molar-refractivity contribution in [2.45, 2.75) is 19.5 Å². The van der Waals surface area contributed by atoms with Gasteiger partial charge in [-0.15, -0.1) is 0 Å². The Kier molecular flexibility index (Phi) is 2.26. The van der Waals surface area contributed by atoms with Crippen LogP contribution in [0.25, 0.3) is 10.9 Å². The van der Waals surface area contributed by atoms with Crippen molar-refractivity contribution in [1.29, 1.82) is 0 Å². The average molecular weight is 252 g/mol. The number of fused-ring (bicyclic) bond motifs is 3. The van der Waals surface area contributed by atoms with Crippen LogP contribution in [0.4, 0.5) is 0 Å². The summed E-state index contributed by atoms with van der Waals surface area (Å²) in [7, 11) is 0. The molecule has 1 aliphatic rings. The molecule has 0 bridgehead atoms. The van der Waals surface area contributed by atoms with Gasteiger partial charge < -0.3 is 4.98 Å². The lowest BCUT2D eigenvalue weighted by Crippen LogP contribution is -2.34. The molecule has 3 aromatic rings. The van der Waals surface area contributed by atoms with Crippen LogP contribution in [0.5, 0.6) is 0 Å². The Labute approximate surface area is 111 Å². The largest absolute Gasteiger partial charge is 0.355 e. The number of hydrogen-bond acceptors (Lipinski definition) is 2. The van der Waals surface area contributed by atoms with Crippen molar-refractivity contribution in [2.24, 2.45) is 0 Å². The van der Waals surface area contributed by atoms with E-state index in [-0.39, 0.29) is 6.17 Å². The van der Waals surface area contributed by atoms with E-state index in [2.05, 4.69) is 52.8 Å². The first-order valence-electron chi connectivity index (χ1n) is 6.66. The fourth-order valence-electron chi connectivity index (χ4n) is 2.96. The highest BCUT2D eigenvalue weighted by molar-refractivity contribution is 5.85. The zero-order chi connectivity index (χ0) is 12.8. The first kappa shape index (κ1) is 10.8. The molecule has 0 saturated carbocycles. The van der Waals surface area contributed by atoms with Crippen LogP contribution < -0.4 is 5.32 Å². The smallest absolute Gasteiger partial charge is 0.142 e. The molecule has 0 radical (unpaired) electrons. The van der Waals surface area contributed by atoms with Gasteiger partial charge in [0.2, 0.25) is 0 Å². The molecule has 96 valence electrons. The van der Waals surface area contributed by atoms with Crippen molar-refractivity contribution >= 4 is 10.9 Å². The lowest BCUT2D eigenvalue weighted by Gasteiger charge is -2.24. The van der Waals surface area contributed by atoms with E-state index in [9.17, 15) is 0 Å². The number of aromatic amines is 1. The maximum atomic E-state index is 4.44. The topological polar surface area (TPSA) is 45.6 Å². The lowest BCUT2D eigenvalue weighted by atomic mass is 10.0. The first-order valence-corrected chi connectivity index (χ1v) is 6.66. The summed E-state index contributed by atoms with van der Waals surface area (Å²) >= 11 is 0. The summed E-state index contributed by atoms with van der Waals surface area (Å²) in [6.07, 6.45) is 5.16. The molecule has 4 heteroatoms. The van der Waals surface area contributed by atoms with Crippen LogP contribution in [0.15, 0.2) is 36.7 Å². The number of rotatable bonds is 1. The standard InChI is InChI=1S/C15H16N4/c1-10-8-17-19(9-10)15-14-12(6-7-16-15)11-4-2-3-5-13(11)18-14/h2-5,8-9,15-16,18H,6-7H2,1H3. The van der Waals surface area contributed by atoms with Crippen molar-refractivity contribution in [2.75, 3.05) is 6.54 Å². The van der Waals surface area contributed by atoms with E-state index in [0.717, 1.165) is 13.0 Å². The predicted molar refractivity (Wildman–Crippen MR) is 75.1 cm³/mol. The van der Waals surface area contributed by atoms with Crippen molar-refractivity contribution in [1.82, 2.24) is 20.1 Å². The first-order chi connectivity index (χ1) is 9.33. The van der Waals surface area contributed by atoms with Gasteiger partial charge in [0, 0.05) is 23.6 Å². The third-order valence-corrected chi connectivity index (χ3v) is 3.83. The Morgan fingerprint density at radius 1 is 1.32 bits per heavy atom. The van der Waals surface area contributed by atoms with Crippen LogP contribution in [0.2, 0.25) is 0 Å². The fraction of sp³-hybridized carbons (Fsp3) is 0.267. The number of para-hydroxylation sites is 1. The zero-order valence-electron chi connectivity index (χ0n) is 10.9. The molecule has 0 aliphatic carbocycles. The van der Waals surface area contributed by atoms with Gasteiger partial charge in [-0.2, -0.15) is 5.10 Å². The molecule has 4 rings (SSSR count). The summed E-state index contributed by atoms with van der Waals surface area (Å²) in [4.78, 5) is 3.55. The van der Waals surface area contributed by atoms with Gasteiger partial charge in [0.15, 0.2) is 0 Å². The summed E-state index contributed by atoms with van der Waals surface area (Å²) in [5.41, 5.74) is 5.07. The molecule has 0 fully saturated rings. The quantitative estimate of drug-likeness (QED) is 0.698. The fourth-order valence-corrected chi connectivity index (χ4v) is 2.96. The maximum absolute atomic E-state index is 4.44. The molecule has 1 aromatic carbocycles. The molecule has 0 saturated heterocycles. The second-order valence-electron chi connectivity index (χ2n) is 5.17. The maximum Gasteiger partial charge on any atom is 0.142 e. The minimum absolute atomic E-state index is 0.116. The molecule has 1 unspecified atom stereocenters. The minimum atomic E-state index is 0.116. The van der Waals surface area contributed by atoms with E-state index in [0.29, 0.717) is 0 Å². The van der Waals surface area contributed by atoms with Crippen molar-refractivity contribution < 1.29 is 0 Å². The Morgan fingerprint density at radius 3 is 3.05 bits per heavy atom. The Hall–Kier alpha value is -2.07. The molecule has 2 N–H and O–H groups in total. The van der Waals surface area contributed by atoms with Crippen LogP contribution in [-0.4, -0.2) is 21.3 Å². The highest BCUT2D eigenvalue weighted by atomic mass is 15.4. The molecular weight excluding hydrogens is 236 g/mol. The van der Waals surface area contributed by atoms with E-state index in [1.165, 1.54) is 27.7 Å². The van der Waals surface area contributed by atoms with Gasteiger partial charge in [0.05, 0.1) is 11.9 Å². The Morgan fingerprint density at radius 2 is 2.21 bits per heavy atom. The molecule has 0 amide bonds. The second kappa shape index (κ2) is 3.96. The number of aromatic nitrogens is 3. The number of hydrogen-bond donors (Lipinski definition) is 2. The second-order valence-corrected chi connectivity index (χ2v) is 5.17. The number of aryl methyl sites for hydroxylation is 1. The van der Waals surface area contributed by atoms with Gasteiger partial charge in [-0.25, -0.2) is 4.68 Å². The summed E-state index contributed by atoms with van der Waals surface area (Å²) in [6.45, 7) is 3.05. The SMILES string of the molecule is Cc1cnn(C2NCCc3c2[nH]c2ccccc32)c1. The molecule has 2 aromatic heterocycles. The van der Waals surface area contributed by atoms with Crippen molar-refractivity contribution in [3.05, 3.63) is 53.5 Å². The van der Waals surface area contributed by atoms with Gasteiger partial charge >= 0.3 is 0 Å². The van der Waals surface area contributed by atoms with Crippen LogP contribution in [0, 0.1) is 6.92 Å². The minimum Gasteiger partial charge on any atom is -0.355 e. The van der Waals surface area contributed by atoms with E-state index < -0.39 is 0 Å². The number of nitrogens with zero attached hydrogens (tertiary/aromatic N) is 2. The average Bonchev–Trinajstić information content (AvgIpc) is 3.02. The van der Waals surface area contributed by atoms with Gasteiger partial charge in [-0.3, -0.25) is 5.32 Å². The number of nitrogens with one attached hydrogen (secondary N) is 2. The van der Waals surface area contributed by atoms with Crippen molar-refractivity contribution in [3.8, 4) is 0 Å². The summed E-state index contributed by atoms with van der Waals surface area (Å²) in [6, 6.07) is 8.51. The Balaban J connectivity index is 1.90. The molecule has 1 aliphatic heterocycles. The summed E-state index contributed by atoms with van der Waals surface area (Å²) < 4.78 is 2.00. The van der Waals surface area contributed by atoms with Crippen LogP contribution in [-0.2, 0) is 6.42 Å². The van der Waals surface area contributed by atoms with E-state index >= 15 is 0 Å². The van der Waals surface area contributed by atoms with Gasteiger partial charge in [0.1, 0.15) is 6.17 Å². The molecule has 1 atom stereocenters. The predicted octanol–water partition coefficient (Wildman–Crippen LogP) is 2.37.